The molecule has 0 saturated carbocycles. The number of benzene rings is 1. The van der Waals surface area contributed by atoms with Crippen LogP contribution in [0.25, 0.3) is 0 Å². The van der Waals surface area contributed by atoms with Gasteiger partial charge in [0.2, 0.25) is 0 Å². The van der Waals surface area contributed by atoms with E-state index in [1.54, 1.807) is 12.1 Å². The minimum Gasteiger partial charge on any atom is -0.496 e. The van der Waals surface area contributed by atoms with E-state index in [0.717, 1.165) is 0 Å². The van der Waals surface area contributed by atoms with Gasteiger partial charge in [0.1, 0.15) is 11.3 Å². The molecule has 0 unspecified atom stereocenters. The Hall–Kier alpha value is -2.24. The Morgan fingerprint density at radius 1 is 1.38 bits per heavy atom. The summed E-state index contributed by atoms with van der Waals surface area (Å²) in [6.07, 6.45) is 0. The number of primary amides is 1. The van der Waals surface area contributed by atoms with Gasteiger partial charge in [0.15, 0.2) is 6.61 Å². The predicted molar refractivity (Wildman–Crippen MR) is 56.9 cm³/mol. The second kappa shape index (κ2) is 5.01. The van der Waals surface area contributed by atoms with Crippen LogP contribution in [-0.4, -0.2) is 25.6 Å². The number of nitrogen functional groups attached to an aromatic ring is 1. The summed E-state index contributed by atoms with van der Waals surface area (Å²) >= 11 is 0. The highest BCUT2D eigenvalue weighted by Gasteiger charge is 2.17. The van der Waals surface area contributed by atoms with Crippen LogP contribution in [0.1, 0.15) is 10.4 Å². The number of nitrogens with two attached hydrogens (primary N) is 2. The van der Waals surface area contributed by atoms with E-state index in [0.29, 0.717) is 0 Å². The molecule has 0 aliphatic carbocycles. The molecule has 1 aromatic rings. The van der Waals surface area contributed by atoms with Crippen molar-refractivity contribution in [3.05, 3.63) is 23.8 Å². The van der Waals surface area contributed by atoms with E-state index in [4.69, 9.17) is 16.2 Å². The van der Waals surface area contributed by atoms with E-state index in [1.165, 1.54) is 13.2 Å². The largest absolute Gasteiger partial charge is 0.496 e. The topological polar surface area (TPSA) is 105 Å². The quantitative estimate of drug-likeness (QED) is 0.549. The highest BCUT2D eigenvalue weighted by Crippen LogP contribution is 2.24. The molecule has 0 radical (unpaired) electrons. The zero-order valence-corrected chi connectivity index (χ0v) is 8.73. The highest BCUT2D eigenvalue weighted by molar-refractivity contribution is 5.99. The maximum atomic E-state index is 11.6. The lowest BCUT2D eigenvalue weighted by molar-refractivity contribution is -0.121. The summed E-state index contributed by atoms with van der Waals surface area (Å²) in [5.74, 6) is -1.19. The van der Waals surface area contributed by atoms with Crippen LogP contribution in [0.5, 0.6) is 5.75 Å². The first-order valence-electron chi connectivity index (χ1n) is 4.44. The van der Waals surface area contributed by atoms with Crippen molar-refractivity contribution in [2.75, 3.05) is 19.5 Å². The van der Waals surface area contributed by atoms with Gasteiger partial charge in [-0.15, -0.1) is 0 Å². The number of ether oxygens (including phenoxy) is 2. The van der Waals surface area contributed by atoms with Gasteiger partial charge in [0, 0.05) is 5.69 Å². The van der Waals surface area contributed by atoms with Gasteiger partial charge in [-0.3, -0.25) is 4.79 Å². The number of carbonyl (C=O) groups is 2. The summed E-state index contributed by atoms with van der Waals surface area (Å²) in [5, 5.41) is 0. The maximum absolute atomic E-state index is 11.6. The van der Waals surface area contributed by atoms with Gasteiger partial charge in [-0.25, -0.2) is 4.79 Å². The first kappa shape index (κ1) is 11.8. The number of esters is 1. The monoisotopic (exact) mass is 224 g/mol. The fraction of sp³-hybridized carbons (Fsp3) is 0.200. The van der Waals surface area contributed by atoms with Crippen molar-refractivity contribution in [1.29, 1.82) is 0 Å². The van der Waals surface area contributed by atoms with Crippen molar-refractivity contribution in [3.63, 3.8) is 0 Å². The molecule has 86 valence electrons. The van der Waals surface area contributed by atoms with Gasteiger partial charge in [0.05, 0.1) is 7.11 Å². The van der Waals surface area contributed by atoms with E-state index in [9.17, 15) is 9.59 Å². The van der Waals surface area contributed by atoms with E-state index < -0.39 is 18.5 Å². The number of hydrogen-bond donors (Lipinski definition) is 2. The van der Waals surface area contributed by atoms with Crippen LogP contribution in [-0.2, 0) is 9.53 Å². The molecule has 6 heteroatoms. The second-order valence-electron chi connectivity index (χ2n) is 2.97. The number of hydrogen-bond acceptors (Lipinski definition) is 5. The average Bonchev–Trinajstić information content (AvgIpc) is 2.25. The number of rotatable bonds is 4. The van der Waals surface area contributed by atoms with Crippen molar-refractivity contribution in [3.8, 4) is 5.75 Å². The first-order valence-corrected chi connectivity index (χ1v) is 4.44. The van der Waals surface area contributed by atoms with E-state index in [1.807, 2.05) is 0 Å². The van der Waals surface area contributed by atoms with E-state index in [2.05, 4.69) is 4.74 Å². The summed E-state index contributed by atoms with van der Waals surface area (Å²) < 4.78 is 9.60. The Kier molecular flexibility index (Phi) is 3.71. The lowest BCUT2D eigenvalue weighted by atomic mass is 10.1. The predicted octanol–water partition coefficient (Wildman–Crippen LogP) is -0.0805. The summed E-state index contributed by atoms with van der Waals surface area (Å²) in [7, 11) is 1.40. The Labute approximate surface area is 92.1 Å². The number of anilines is 1. The molecular formula is C10H12N2O4. The Bertz CT molecular complexity index is 417. The molecule has 0 aliphatic rings. The maximum Gasteiger partial charge on any atom is 0.344 e. The van der Waals surface area contributed by atoms with Crippen molar-refractivity contribution in [1.82, 2.24) is 0 Å². The molecule has 0 saturated heterocycles. The summed E-state index contributed by atoms with van der Waals surface area (Å²) in [6.45, 7) is -0.490. The SMILES string of the molecule is COc1cccc(N)c1C(=O)OCC(N)=O. The summed E-state index contributed by atoms with van der Waals surface area (Å²) in [4.78, 5) is 22.0. The summed E-state index contributed by atoms with van der Waals surface area (Å²) in [5.41, 5.74) is 10.8. The normalized spacial score (nSPS) is 9.56. The molecule has 1 amide bonds. The third-order valence-corrected chi connectivity index (χ3v) is 1.83. The third kappa shape index (κ3) is 2.63. The molecule has 0 fully saturated rings. The molecule has 0 heterocycles. The number of amides is 1. The smallest absolute Gasteiger partial charge is 0.344 e. The van der Waals surface area contributed by atoms with Crippen LogP contribution in [0.2, 0.25) is 0 Å². The van der Waals surface area contributed by atoms with Gasteiger partial charge >= 0.3 is 5.97 Å². The van der Waals surface area contributed by atoms with Crippen molar-refractivity contribution >= 4 is 17.6 Å². The molecule has 0 aliphatic heterocycles. The van der Waals surface area contributed by atoms with Crippen LogP contribution >= 0.6 is 0 Å². The minimum absolute atomic E-state index is 0.0891. The summed E-state index contributed by atoms with van der Waals surface area (Å²) in [6, 6.07) is 4.74. The van der Waals surface area contributed by atoms with Crippen LogP contribution in [0, 0.1) is 0 Å². The van der Waals surface area contributed by atoms with Gasteiger partial charge < -0.3 is 20.9 Å². The van der Waals surface area contributed by atoms with Gasteiger partial charge in [0.25, 0.3) is 5.91 Å². The lowest BCUT2D eigenvalue weighted by Gasteiger charge is -2.09. The minimum atomic E-state index is -0.742. The molecule has 0 aromatic heterocycles. The standard InChI is InChI=1S/C10H12N2O4/c1-15-7-4-2-3-6(11)9(7)10(14)16-5-8(12)13/h2-4H,5,11H2,1H3,(H2,12,13). The average molecular weight is 224 g/mol. The molecule has 0 spiro atoms. The molecule has 6 nitrogen and oxygen atoms in total. The molecule has 4 N–H and O–H groups in total. The molecule has 16 heavy (non-hydrogen) atoms. The Morgan fingerprint density at radius 3 is 2.62 bits per heavy atom. The highest BCUT2D eigenvalue weighted by atomic mass is 16.5. The van der Waals surface area contributed by atoms with Gasteiger partial charge in [-0.2, -0.15) is 0 Å². The van der Waals surface area contributed by atoms with E-state index in [-0.39, 0.29) is 17.0 Å². The van der Waals surface area contributed by atoms with Crippen molar-refractivity contribution < 1.29 is 19.1 Å². The fourth-order valence-corrected chi connectivity index (χ4v) is 1.15. The molecule has 1 rings (SSSR count). The number of carbonyl (C=O) groups excluding carboxylic acids is 2. The number of methoxy groups -OCH3 is 1. The van der Waals surface area contributed by atoms with Gasteiger partial charge in [-0.1, -0.05) is 6.07 Å². The van der Waals surface area contributed by atoms with Crippen molar-refractivity contribution in [2.45, 2.75) is 0 Å². The molecule has 0 atom stereocenters. The molecular weight excluding hydrogens is 212 g/mol. The zero-order valence-electron chi connectivity index (χ0n) is 8.73. The molecule has 1 aromatic carbocycles. The van der Waals surface area contributed by atoms with Crippen LogP contribution in [0.15, 0.2) is 18.2 Å². The van der Waals surface area contributed by atoms with Crippen LogP contribution in [0.3, 0.4) is 0 Å². The van der Waals surface area contributed by atoms with E-state index >= 15 is 0 Å². The Balaban J connectivity index is 2.93. The molecule has 0 bridgehead atoms. The lowest BCUT2D eigenvalue weighted by Crippen LogP contribution is -2.21. The fourth-order valence-electron chi connectivity index (χ4n) is 1.15. The van der Waals surface area contributed by atoms with Crippen LogP contribution < -0.4 is 16.2 Å². The van der Waals surface area contributed by atoms with Crippen LogP contribution in [0.4, 0.5) is 5.69 Å². The second-order valence-corrected chi connectivity index (χ2v) is 2.97. The zero-order chi connectivity index (χ0) is 12.1. The Morgan fingerprint density at radius 2 is 2.06 bits per heavy atom. The van der Waals surface area contributed by atoms with Gasteiger partial charge in [-0.05, 0) is 12.1 Å². The first-order chi connectivity index (χ1) is 7.56. The third-order valence-electron chi connectivity index (χ3n) is 1.83. The van der Waals surface area contributed by atoms with Crippen molar-refractivity contribution in [2.24, 2.45) is 5.73 Å².